The molecule has 0 aliphatic carbocycles. The first-order valence-electron chi connectivity index (χ1n) is 4.78. The van der Waals surface area contributed by atoms with Crippen LogP contribution < -0.4 is 8.45 Å². The molecule has 0 radical (unpaired) electrons. The smallest absolute Gasteiger partial charge is 0.245 e. The lowest BCUT2D eigenvalue weighted by Crippen LogP contribution is -2.35. The molecule has 9 heteroatoms. The summed E-state index contributed by atoms with van der Waals surface area (Å²) in [5.41, 5.74) is 0.491. The lowest BCUT2D eigenvalue weighted by Gasteiger charge is -2.21. The van der Waals surface area contributed by atoms with Gasteiger partial charge in [0, 0.05) is 6.20 Å². The molecule has 102 valence electrons. The number of hydrogen-bond donors (Lipinski definition) is 0. The summed E-state index contributed by atoms with van der Waals surface area (Å²) < 4.78 is 51.7. The van der Waals surface area contributed by atoms with Gasteiger partial charge >= 0.3 is 0 Å². The Morgan fingerprint density at radius 3 is 2.06 bits per heavy atom. The fourth-order valence-corrected chi connectivity index (χ4v) is 4.38. The van der Waals surface area contributed by atoms with Crippen LogP contribution in [0.25, 0.3) is 0 Å². The minimum absolute atomic E-state index is 0.0727. The number of hydrogen-bond acceptors (Lipinski definition) is 6. The van der Waals surface area contributed by atoms with Crippen LogP contribution in [0.4, 0.5) is 5.69 Å². The molecule has 0 aliphatic rings. The van der Waals surface area contributed by atoms with Crippen LogP contribution in [0.1, 0.15) is 5.56 Å². The van der Waals surface area contributed by atoms with Gasteiger partial charge in [-0.25, -0.2) is 21.8 Å². The number of aromatic nitrogens is 1. The molecule has 0 unspecified atom stereocenters. The standard InChI is InChI=1S/C9H14N2O5S2/c1-7-5-8(9(16-2)10-6-7)11(17(3,12)13)18(4,14)15/h5-6H,1-4H3. The maximum atomic E-state index is 11.6. The molecule has 0 amide bonds. The molecule has 7 nitrogen and oxygen atoms in total. The van der Waals surface area contributed by atoms with Gasteiger partial charge in [-0.05, 0) is 18.6 Å². The van der Waals surface area contributed by atoms with Crippen LogP contribution >= 0.6 is 0 Å². The number of anilines is 1. The Bertz CT molecular complexity index is 620. The summed E-state index contributed by atoms with van der Waals surface area (Å²) in [5.74, 6) is -0.0727. The van der Waals surface area contributed by atoms with Crippen molar-refractivity contribution in [2.75, 3.05) is 23.3 Å². The molecule has 0 saturated heterocycles. The van der Waals surface area contributed by atoms with Gasteiger partial charge in [0.15, 0.2) is 0 Å². The van der Waals surface area contributed by atoms with Crippen molar-refractivity contribution in [2.24, 2.45) is 0 Å². The molecule has 0 aromatic carbocycles. The van der Waals surface area contributed by atoms with Gasteiger partial charge in [-0.1, -0.05) is 0 Å². The Balaban J connectivity index is 3.64. The number of rotatable bonds is 4. The third-order valence-electron chi connectivity index (χ3n) is 1.96. The van der Waals surface area contributed by atoms with Crippen LogP contribution in [-0.2, 0) is 20.0 Å². The van der Waals surface area contributed by atoms with E-state index in [-0.39, 0.29) is 11.6 Å². The van der Waals surface area contributed by atoms with Crippen molar-refractivity contribution in [3.63, 3.8) is 0 Å². The molecule has 0 spiro atoms. The van der Waals surface area contributed by atoms with E-state index >= 15 is 0 Å². The molecule has 0 fully saturated rings. The lowest BCUT2D eigenvalue weighted by molar-refractivity contribution is 0.399. The number of ether oxygens (including phenoxy) is 1. The van der Waals surface area contributed by atoms with Crippen molar-refractivity contribution in [1.82, 2.24) is 4.98 Å². The SMILES string of the molecule is COc1ncc(C)cc1N(S(C)(=O)=O)S(C)(=O)=O. The minimum Gasteiger partial charge on any atom is -0.479 e. The first-order valence-corrected chi connectivity index (χ1v) is 8.48. The first kappa shape index (κ1) is 14.7. The molecule has 1 aromatic rings. The van der Waals surface area contributed by atoms with E-state index in [2.05, 4.69) is 4.98 Å². The molecule has 0 aliphatic heterocycles. The Hall–Kier alpha value is -1.35. The first-order chi connectivity index (χ1) is 8.07. The lowest BCUT2D eigenvalue weighted by atomic mass is 10.3. The van der Waals surface area contributed by atoms with Crippen molar-refractivity contribution in [3.8, 4) is 5.88 Å². The molecular formula is C9H14N2O5S2. The van der Waals surface area contributed by atoms with Crippen LogP contribution in [0, 0.1) is 6.92 Å². The molecular weight excluding hydrogens is 280 g/mol. The Kier molecular flexibility index (Phi) is 3.86. The van der Waals surface area contributed by atoms with E-state index in [1.54, 1.807) is 6.92 Å². The van der Waals surface area contributed by atoms with Gasteiger partial charge in [0.25, 0.3) is 0 Å². The maximum Gasteiger partial charge on any atom is 0.245 e. The van der Waals surface area contributed by atoms with Crippen molar-refractivity contribution < 1.29 is 21.6 Å². The summed E-state index contributed by atoms with van der Waals surface area (Å²) in [5, 5.41) is 0. The van der Waals surface area contributed by atoms with Crippen molar-refractivity contribution in [1.29, 1.82) is 0 Å². The summed E-state index contributed by atoms with van der Waals surface area (Å²) in [6.45, 7) is 1.67. The molecule has 0 N–H and O–H groups in total. The van der Waals surface area contributed by atoms with Crippen molar-refractivity contribution in [2.45, 2.75) is 6.92 Å². The Morgan fingerprint density at radius 1 is 1.17 bits per heavy atom. The fourth-order valence-electron chi connectivity index (χ4n) is 1.43. The van der Waals surface area contributed by atoms with E-state index in [1.165, 1.54) is 19.4 Å². The van der Waals surface area contributed by atoms with Crippen molar-refractivity contribution >= 4 is 25.7 Å². The number of nitrogens with zero attached hydrogens (tertiary/aromatic N) is 2. The third kappa shape index (κ3) is 3.10. The number of methoxy groups -OCH3 is 1. The second kappa shape index (κ2) is 4.73. The predicted molar refractivity (Wildman–Crippen MR) is 67.7 cm³/mol. The highest BCUT2D eigenvalue weighted by Gasteiger charge is 2.30. The van der Waals surface area contributed by atoms with E-state index in [0.29, 0.717) is 9.27 Å². The molecule has 1 heterocycles. The van der Waals surface area contributed by atoms with E-state index in [9.17, 15) is 16.8 Å². The topological polar surface area (TPSA) is 93.6 Å². The Labute approximate surface area is 107 Å². The predicted octanol–water partition coefficient (Wildman–Crippen LogP) is 0.124. The highest BCUT2D eigenvalue weighted by molar-refractivity contribution is 8.09. The van der Waals surface area contributed by atoms with Gasteiger partial charge in [-0.2, -0.15) is 3.71 Å². The van der Waals surface area contributed by atoms with Gasteiger partial charge in [-0.3, -0.25) is 0 Å². The fraction of sp³-hybridized carbons (Fsp3) is 0.444. The second-order valence-corrected chi connectivity index (χ2v) is 7.66. The highest BCUT2D eigenvalue weighted by Crippen LogP contribution is 2.30. The van der Waals surface area contributed by atoms with Gasteiger partial charge in [0.2, 0.25) is 25.9 Å². The van der Waals surface area contributed by atoms with Crippen LogP contribution in [-0.4, -0.2) is 41.4 Å². The average Bonchev–Trinajstić information content (AvgIpc) is 2.13. The van der Waals surface area contributed by atoms with E-state index in [1.807, 2.05) is 0 Å². The summed E-state index contributed by atoms with van der Waals surface area (Å²) in [7, 11) is -6.72. The monoisotopic (exact) mass is 294 g/mol. The third-order valence-corrected chi connectivity index (χ3v) is 5.18. The minimum atomic E-state index is -4.00. The van der Waals surface area contributed by atoms with Gasteiger partial charge < -0.3 is 4.74 Å². The van der Waals surface area contributed by atoms with Crippen LogP contribution in [0.15, 0.2) is 12.3 Å². The zero-order valence-electron chi connectivity index (χ0n) is 10.4. The quantitative estimate of drug-likeness (QED) is 0.783. The van der Waals surface area contributed by atoms with E-state index < -0.39 is 20.0 Å². The summed E-state index contributed by atoms with van der Waals surface area (Å²) in [6, 6.07) is 1.38. The highest BCUT2D eigenvalue weighted by atomic mass is 32.3. The normalized spacial score (nSPS) is 12.2. The molecule has 18 heavy (non-hydrogen) atoms. The van der Waals surface area contributed by atoms with E-state index in [0.717, 1.165) is 12.5 Å². The number of aryl methyl sites for hydroxylation is 1. The van der Waals surface area contributed by atoms with E-state index in [4.69, 9.17) is 4.74 Å². The van der Waals surface area contributed by atoms with Crippen LogP contribution in [0.3, 0.4) is 0 Å². The zero-order valence-corrected chi connectivity index (χ0v) is 12.0. The molecule has 1 aromatic heterocycles. The average molecular weight is 294 g/mol. The summed E-state index contributed by atoms with van der Waals surface area (Å²) in [6.07, 6.45) is 3.05. The Morgan fingerprint density at radius 2 is 1.67 bits per heavy atom. The molecule has 0 saturated carbocycles. The molecule has 1 rings (SSSR count). The van der Waals surface area contributed by atoms with Gasteiger partial charge in [-0.15, -0.1) is 0 Å². The number of pyridine rings is 1. The molecule has 0 bridgehead atoms. The van der Waals surface area contributed by atoms with Gasteiger partial charge in [0.1, 0.15) is 5.69 Å². The second-order valence-electron chi connectivity index (χ2n) is 3.76. The molecule has 0 atom stereocenters. The summed E-state index contributed by atoms with van der Waals surface area (Å²) in [4.78, 5) is 3.85. The van der Waals surface area contributed by atoms with Gasteiger partial charge in [0.05, 0.1) is 19.6 Å². The largest absolute Gasteiger partial charge is 0.479 e. The van der Waals surface area contributed by atoms with Crippen molar-refractivity contribution in [3.05, 3.63) is 17.8 Å². The number of sulfonamides is 2. The zero-order chi connectivity index (χ0) is 14.1. The maximum absolute atomic E-state index is 11.6. The van der Waals surface area contributed by atoms with Crippen LogP contribution in [0.5, 0.6) is 5.88 Å². The summed E-state index contributed by atoms with van der Waals surface area (Å²) >= 11 is 0. The van der Waals surface area contributed by atoms with Crippen LogP contribution in [0.2, 0.25) is 0 Å².